The summed E-state index contributed by atoms with van der Waals surface area (Å²) < 4.78 is 5.48. The van der Waals surface area contributed by atoms with Crippen LogP contribution in [-0.4, -0.2) is 15.1 Å². The van der Waals surface area contributed by atoms with E-state index in [1.807, 2.05) is 0 Å². The highest BCUT2D eigenvalue weighted by Crippen LogP contribution is 2.29. The van der Waals surface area contributed by atoms with Crippen molar-refractivity contribution in [1.82, 2.24) is 10.1 Å². The smallest absolute Gasteiger partial charge is 0.270 e. The Balaban J connectivity index is 2.49. The standard InChI is InChI=1S/C9H5BrClN3O3/c10-7-2-1-5(14(15)16)3-6(7)9-12-8(4-11)17-13-9/h1-3H,4H2. The number of non-ortho nitro benzene ring substituents is 1. The molecule has 8 heteroatoms. The van der Waals surface area contributed by atoms with Crippen molar-refractivity contribution >= 4 is 33.2 Å². The van der Waals surface area contributed by atoms with Gasteiger partial charge in [0.05, 0.1) is 4.92 Å². The van der Waals surface area contributed by atoms with Crippen molar-refractivity contribution < 1.29 is 9.45 Å². The lowest BCUT2D eigenvalue weighted by Gasteiger charge is -1.98. The number of aromatic nitrogens is 2. The zero-order chi connectivity index (χ0) is 12.4. The van der Waals surface area contributed by atoms with Crippen LogP contribution in [0.1, 0.15) is 5.89 Å². The molecule has 0 fully saturated rings. The first-order valence-corrected chi connectivity index (χ1v) is 5.77. The average Bonchev–Trinajstić information content (AvgIpc) is 2.77. The van der Waals surface area contributed by atoms with Crippen LogP contribution in [0, 0.1) is 10.1 Å². The monoisotopic (exact) mass is 317 g/mol. The molecule has 0 aliphatic carbocycles. The largest absolute Gasteiger partial charge is 0.338 e. The molecule has 0 unspecified atom stereocenters. The molecular weight excluding hydrogens is 313 g/mol. The van der Waals surface area contributed by atoms with Gasteiger partial charge in [0.2, 0.25) is 11.7 Å². The van der Waals surface area contributed by atoms with Gasteiger partial charge in [0.1, 0.15) is 5.88 Å². The molecule has 0 aliphatic rings. The third kappa shape index (κ3) is 2.45. The first-order valence-electron chi connectivity index (χ1n) is 4.44. The van der Waals surface area contributed by atoms with Crippen LogP contribution >= 0.6 is 27.5 Å². The number of halogens is 2. The van der Waals surface area contributed by atoms with Gasteiger partial charge in [0.15, 0.2) is 0 Å². The molecule has 17 heavy (non-hydrogen) atoms. The Morgan fingerprint density at radius 1 is 1.53 bits per heavy atom. The van der Waals surface area contributed by atoms with Crippen LogP contribution in [-0.2, 0) is 5.88 Å². The third-order valence-electron chi connectivity index (χ3n) is 1.98. The van der Waals surface area contributed by atoms with E-state index in [9.17, 15) is 10.1 Å². The lowest BCUT2D eigenvalue weighted by Crippen LogP contribution is -1.90. The molecule has 88 valence electrons. The maximum Gasteiger partial charge on any atom is 0.270 e. The Labute approximate surface area is 109 Å². The van der Waals surface area contributed by atoms with Gasteiger partial charge in [-0.1, -0.05) is 21.1 Å². The van der Waals surface area contributed by atoms with Crippen molar-refractivity contribution in [1.29, 1.82) is 0 Å². The molecule has 2 aromatic rings. The van der Waals surface area contributed by atoms with Crippen LogP contribution in [0.3, 0.4) is 0 Å². The summed E-state index contributed by atoms with van der Waals surface area (Å²) in [6.45, 7) is 0. The van der Waals surface area contributed by atoms with Gasteiger partial charge in [-0.15, -0.1) is 11.6 Å². The van der Waals surface area contributed by atoms with Crippen LogP contribution in [0.5, 0.6) is 0 Å². The molecule has 0 atom stereocenters. The number of nitrogens with zero attached hydrogens (tertiary/aromatic N) is 3. The number of benzene rings is 1. The molecule has 1 aromatic heterocycles. The molecule has 0 bridgehead atoms. The minimum atomic E-state index is -0.488. The lowest BCUT2D eigenvalue weighted by molar-refractivity contribution is -0.384. The van der Waals surface area contributed by atoms with E-state index in [1.54, 1.807) is 6.07 Å². The first-order chi connectivity index (χ1) is 8.11. The Bertz CT molecular complexity index is 572. The molecule has 1 heterocycles. The molecule has 6 nitrogen and oxygen atoms in total. The summed E-state index contributed by atoms with van der Waals surface area (Å²) in [5, 5.41) is 14.4. The summed E-state index contributed by atoms with van der Waals surface area (Å²) in [7, 11) is 0. The van der Waals surface area contributed by atoms with Gasteiger partial charge in [-0.3, -0.25) is 10.1 Å². The average molecular weight is 319 g/mol. The normalized spacial score (nSPS) is 10.5. The number of hydrogen-bond acceptors (Lipinski definition) is 5. The van der Waals surface area contributed by atoms with Crippen LogP contribution in [0.25, 0.3) is 11.4 Å². The van der Waals surface area contributed by atoms with Crippen LogP contribution in [0.2, 0.25) is 0 Å². The van der Waals surface area contributed by atoms with Gasteiger partial charge in [0, 0.05) is 22.2 Å². The van der Waals surface area contributed by atoms with Crippen LogP contribution in [0.4, 0.5) is 5.69 Å². The number of alkyl halides is 1. The number of nitro groups is 1. The molecule has 0 spiro atoms. The molecule has 1 aromatic carbocycles. The molecule has 0 aliphatic heterocycles. The van der Waals surface area contributed by atoms with Gasteiger partial charge >= 0.3 is 0 Å². The van der Waals surface area contributed by atoms with E-state index in [0.717, 1.165) is 0 Å². The second-order valence-corrected chi connectivity index (χ2v) is 4.19. The van der Waals surface area contributed by atoms with E-state index >= 15 is 0 Å². The maximum atomic E-state index is 10.7. The fraction of sp³-hybridized carbons (Fsp3) is 0.111. The minimum Gasteiger partial charge on any atom is -0.338 e. The van der Waals surface area contributed by atoms with E-state index in [0.29, 0.717) is 10.0 Å². The van der Waals surface area contributed by atoms with E-state index in [1.165, 1.54) is 12.1 Å². The zero-order valence-corrected chi connectivity index (χ0v) is 10.6. The number of hydrogen-bond donors (Lipinski definition) is 0. The van der Waals surface area contributed by atoms with Crippen LogP contribution in [0.15, 0.2) is 27.2 Å². The number of rotatable bonds is 3. The summed E-state index contributed by atoms with van der Waals surface area (Å²) in [5.41, 5.74) is 0.444. The quantitative estimate of drug-likeness (QED) is 0.493. The van der Waals surface area contributed by atoms with E-state index in [4.69, 9.17) is 16.1 Å². The predicted molar refractivity (Wildman–Crippen MR) is 63.6 cm³/mol. The highest BCUT2D eigenvalue weighted by molar-refractivity contribution is 9.10. The van der Waals surface area contributed by atoms with Crippen molar-refractivity contribution in [2.45, 2.75) is 5.88 Å². The third-order valence-corrected chi connectivity index (χ3v) is 2.90. The summed E-state index contributed by atoms with van der Waals surface area (Å²) in [4.78, 5) is 14.2. The van der Waals surface area contributed by atoms with Gasteiger partial charge in [0.25, 0.3) is 5.69 Å². The Kier molecular flexibility index (Phi) is 3.39. The Morgan fingerprint density at radius 2 is 2.29 bits per heavy atom. The fourth-order valence-corrected chi connectivity index (χ4v) is 1.75. The van der Waals surface area contributed by atoms with Gasteiger partial charge in [-0.2, -0.15) is 4.98 Å². The van der Waals surface area contributed by atoms with Crippen molar-refractivity contribution in [3.63, 3.8) is 0 Å². The summed E-state index contributed by atoms with van der Waals surface area (Å²) in [6, 6.07) is 4.31. The highest BCUT2D eigenvalue weighted by Gasteiger charge is 2.15. The minimum absolute atomic E-state index is 0.0413. The van der Waals surface area contributed by atoms with Crippen molar-refractivity contribution in [3.05, 3.63) is 38.7 Å². The molecule has 0 amide bonds. The summed E-state index contributed by atoms with van der Waals surface area (Å²) in [6.07, 6.45) is 0. The SMILES string of the molecule is O=[N+]([O-])c1ccc(Br)c(-c2noc(CCl)n2)c1. The zero-order valence-electron chi connectivity index (χ0n) is 8.26. The van der Waals surface area contributed by atoms with Gasteiger partial charge in [-0.05, 0) is 6.07 Å². The molecule has 0 radical (unpaired) electrons. The second kappa shape index (κ2) is 4.80. The van der Waals surface area contributed by atoms with Crippen molar-refractivity contribution in [2.75, 3.05) is 0 Å². The molecule has 2 rings (SSSR count). The second-order valence-electron chi connectivity index (χ2n) is 3.07. The molecule has 0 saturated carbocycles. The topological polar surface area (TPSA) is 82.1 Å². The lowest BCUT2D eigenvalue weighted by atomic mass is 10.2. The van der Waals surface area contributed by atoms with E-state index < -0.39 is 4.92 Å². The predicted octanol–water partition coefficient (Wildman–Crippen LogP) is 3.15. The highest BCUT2D eigenvalue weighted by atomic mass is 79.9. The molecule has 0 N–H and O–H groups in total. The summed E-state index contributed by atoms with van der Waals surface area (Å²) >= 11 is 8.80. The first kappa shape index (κ1) is 12.0. The number of nitro benzene ring substituents is 1. The van der Waals surface area contributed by atoms with E-state index in [2.05, 4.69) is 26.1 Å². The van der Waals surface area contributed by atoms with Crippen molar-refractivity contribution in [2.24, 2.45) is 0 Å². The van der Waals surface area contributed by atoms with Crippen LogP contribution < -0.4 is 0 Å². The summed E-state index contributed by atoms with van der Waals surface area (Å²) in [5.74, 6) is 0.621. The molecule has 0 saturated heterocycles. The maximum absolute atomic E-state index is 10.7. The van der Waals surface area contributed by atoms with E-state index in [-0.39, 0.29) is 23.3 Å². The molecular formula is C9H5BrClN3O3. The van der Waals surface area contributed by atoms with Gasteiger partial charge < -0.3 is 4.52 Å². The fourth-order valence-electron chi connectivity index (χ4n) is 1.22. The Hall–Kier alpha value is -1.47. The van der Waals surface area contributed by atoms with Crippen molar-refractivity contribution in [3.8, 4) is 11.4 Å². The van der Waals surface area contributed by atoms with Gasteiger partial charge in [-0.25, -0.2) is 0 Å². The Morgan fingerprint density at radius 3 is 2.88 bits per heavy atom.